The zero-order chi connectivity index (χ0) is 12.8. The standard InChI is InChI=1S/C14H15ClN2O/c15-11-4-6-14(7-5-11)18-10-12(16)9-13-3-1-2-8-17-13/h1-8,12H,9-10,16H2. The van der Waals surface area contributed by atoms with Gasteiger partial charge in [-0.2, -0.15) is 0 Å². The highest BCUT2D eigenvalue weighted by Crippen LogP contribution is 2.15. The number of halogens is 1. The molecule has 0 saturated carbocycles. The minimum Gasteiger partial charge on any atom is -0.492 e. The summed E-state index contributed by atoms with van der Waals surface area (Å²) in [6.07, 6.45) is 2.47. The van der Waals surface area contributed by atoms with Crippen LogP contribution in [0.15, 0.2) is 48.7 Å². The first-order valence-corrected chi connectivity index (χ1v) is 6.15. The normalized spacial score (nSPS) is 12.1. The maximum Gasteiger partial charge on any atom is 0.119 e. The fraction of sp³-hybridized carbons (Fsp3) is 0.214. The van der Waals surface area contributed by atoms with Gasteiger partial charge in [-0.15, -0.1) is 0 Å². The number of aromatic nitrogens is 1. The lowest BCUT2D eigenvalue weighted by Crippen LogP contribution is -2.30. The van der Waals surface area contributed by atoms with Crippen LogP contribution in [0.4, 0.5) is 0 Å². The Balaban J connectivity index is 1.81. The molecule has 1 unspecified atom stereocenters. The van der Waals surface area contributed by atoms with Crippen molar-refractivity contribution in [3.63, 3.8) is 0 Å². The van der Waals surface area contributed by atoms with Gasteiger partial charge < -0.3 is 10.5 Å². The maximum absolute atomic E-state index is 5.99. The Morgan fingerprint density at radius 1 is 1.17 bits per heavy atom. The summed E-state index contributed by atoms with van der Waals surface area (Å²) < 4.78 is 5.58. The molecule has 0 saturated heterocycles. The van der Waals surface area contributed by atoms with Crippen molar-refractivity contribution in [2.24, 2.45) is 5.73 Å². The third kappa shape index (κ3) is 4.02. The van der Waals surface area contributed by atoms with Crippen LogP contribution in [0.2, 0.25) is 5.02 Å². The van der Waals surface area contributed by atoms with Crippen LogP contribution in [0.25, 0.3) is 0 Å². The van der Waals surface area contributed by atoms with Crippen molar-refractivity contribution in [3.8, 4) is 5.75 Å². The van der Waals surface area contributed by atoms with Gasteiger partial charge in [0.15, 0.2) is 0 Å². The zero-order valence-corrected chi connectivity index (χ0v) is 10.7. The second kappa shape index (κ2) is 6.38. The lowest BCUT2D eigenvalue weighted by atomic mass is 10.1. The molecular weight excluding hydrogens is 248 g/mol. The van der Waals surface area contributed by atoms with E-state index >= 15 is 0 Å². The van der Waals surface area contributed by atoms with E-state index in [1.165, 1.54) is 0 Å². The number of nitrogens with zero attached hydrogens (tertiary/aromatic N) is 1. The summed E-state index contributed by atoms with van der Waals surface area (Å²) in [4.78, 5) is 4.23. The summed E-state index contributed by atoms with van der Waals surface area (Å²) in [5.41, 5.74) is 6.97. The first-order valence-electron chi connectivity index (χ1n) is 5.78. The van der Waals surface area contributed by atoms with Gasteiger partial charge in [-0.25, -0.2) is 0 Å². The largest absolute Gasteiger partial charge is 0.492 e. The second-order valence-electron chi connectivity index (χ2n) is 4.05. The van der Waals surface area contributed by atoms with E-state index in [0.717, 1.165) is 11.4 Å². The van der Waals surface area contributed by atoms with Gasteiger partial charge in [0.25, 0.3) is 0 Å². The van der Waals surface area contributed by atoms with Crippen LogP contribution >= 0.6 is 11.6 Å². The van der Waals surface area contributed by atoms with Crippen LogP contribution in [-0.2, 0) is 6.42 Å². The van der Waals surface area contributed by atoms with E-state index < -0.39 is 0 Å². The third-order valence-corrected chi connectivity index (χ3v) is 2.73. The highest BCUT2D eigenvalue weighted by molar-refractivity contribution is 6.30. The van der Waals surface area contributed by atoms with Crippen molar-refractivity contribution in [1.29, 1.82) is 0 Å². The topological polar surface area (TPSA) is 48.1 Å². The molecule has 1 aromatic carbocycles. The van der Waals surface area contributed by atoms with Crippen molar-refractivity contribution < 1.29 is 4.74 Å². The van der Waals surface area contributed by atoms with Crippen LogP contribution in [0.1, 0.15) is 5.69 Å². The van der Waals surface area contributed by atoms with Gasteiger partial charge in [0, 0.05) is 29.4 Å². The van der Waals surface area contributed by atoms with Gasteiger partial charge in [-0.1, -0.05) is 17.7 Å². The minimum absolute atomic E-state index is 0.0735. The second-order valence-corrected chi connectivity index (χ2v) is 4.49. The van der Waals surface area contributed by atoms with E-state index in [9.17, 15) is 0 Å². The Bertz CT molecular complexity index is 473. The minimum atomic E-state index is -0.0735. The van der Waals surface area contributed by atoms with Crippen LogP contribution in [0.3, 0.4) is 0 Å². The predicted octanol–water partition coefficient (Wildman–Crippen LogP) is 2.68. The molecule has 0 radical (unpaired) electrons. The lowest BCUT2D eigenvalue weighted by molar-refractivity contribution is 0.287. The molecule has 1 atom stereocenters. The molecule has 1 aromatic heterocycles. The van der Waals surface area contributed by atoms with Crippen molar-refractivity contribution >= 4 is 11.6 Å². The van der Waals surface area contributed by atoms with Crippen LogP contribution < -0.4 is 10.5 Å². The highest BCUT2D eigenvalue weighted by atomic mass is 35.5. The quantitative estimate of drug-likeness (QED) is 0.901. The van der Waals surface area contributed by atoms with Crippen molar-refractivity contribution in [1.82, 2.24) is 4.98 Å². The molecule has 0 amide bonds. The average Bonchev–Trinajstić information content (AvgIpc) is 2.39. The molecule has 0 bridgehead atoms. The first-order chi connectivity index (χ1) is 8.74. The Kier molecular flexibility index (Phi) is 4.56. The van der Waals surface area contributed by atoms with Crippen molar-refractivity contribution in [3.05, 3.63) is 59.4 Å². The molecule has 1 heterocycles. The number of rotatable bonds is 5. The molecule has 0 aliphatic carbocycles. The fourth-order valence-corrected chi connectivity index (χ4v) is 1.71. The molecule has 2 N–H and O–H groups in total. The van der Waals surface area contributed by atoms with Gasteiger partial charge in [0.1, 0.15) is 12.4 Å². The Morgan fingerprint density at radius 2 is 1.94 bits per heavy atom. The summed E-state index contributed by atoms with van der Waals surface area (Å²) in [6.45, 7) is 0.457. The van der Waals surface area contributed by atoms with Gasteiger partial charge in [0.05, 0.1) is 0 Å². The van der Waals surface area contributed by atoms with Crippen LogP contribution in [0, 0.1) is 0 Å². The molecule has 0 spiro atoms. The van der Waals surface area contributed by atoms with E-state index in [-0.39, 0.29) is 6.04 Å². The van der Waals surface area contributed by atoms with Gasteiger partial charge in [0.2, 0.25) is 0 Å². The van der Waals surface area contributed by atoms with Gasteiger partial charge in [-0.05, 0) is 36.4 Å². The molecule has 0 aliphatic rings. The van der Waals surface area contributed by atoms with Crippen LogP contribution in [-0.4, -0.2) is 17.6 Å². The molecule has 94 valence electrons. The smallest absolute Gasteiger partial charge is 0.119 e. The van der Waals surface area contributed by atoms with Crippen molar-refractivity contribution in [2.75, 3.05) is 6.61 Å². The Labute approximate surface area is 112 Å². The molecule has 2 rings (SSSR count). The molecule has 18 heavy (non-hydrogen) atoms. The number of ether oxygens (including phenoxy) is 1. The lowest BCUT2D eigenvalue weighted by Gasteiger charge is -2.12. The average molecular weight is 263 g/mol. The van der Waals surface area contributed by atoms with E-state index in [2.05, 4.69) is 4.98 Å². The van der Waals surface area contributed by atoms with Crippen molar-refractivity contribution in [2.45, 2.75) is 12.5 Å². The molecule has 4 heteroatoms. The number of nitrogens with two attached hydrogens (primary N) is 1. The number of hydrogen-bond donors (Lipinski definition) is 1. The van der Waals surface area contributed by atoms with Crippen LogP contribution in [0.5, 0.6) is 5.75 Å². The number of benzene rings is 1. The first kappa shape index (κ1) is 12.9. The van der Waals surface area contributed by atoms with E-state index in [0.29, 0.717) is 18.1 Å². The number of hydrogen-bond acceptors (Lipinski definition) is 3. The Hall–Kier alpha value is -1.58. The summed E-state index contributed by atoms with van der Waals surface area (Å²) in [5, 5.41) is 0.695. The summed E-state index contributed by atoms with van der Waals surface area (Å²) in [5.74, 6) is 0.774. The fourth-order valence-electron chi connectivity index (χ4n) is 1.58. The molecule has 2 aromatic rings. The molecule has 0 fully saturated rings. The third-order valence-electron chi connectivity index (χ3n) is 2.48. The number of pyridine rings is 1. The summed E-state index contributed by atoms with van der Waals surface area (Å²) in [6, 6.07) is 13.0. The maximum atomic E-state index is 5.99. The monoisotopic (exact) mass is 262 g/mol. The summed E-state index contributed by atoms with van der Waals surface area (Å²) >= 11 is 5.79. The highest BCUT2D eigenvalue weighted by Gasteiger charge is 2.06. The van der Waals surface area contributed by atoms with E-state index in [1.54, 1.807) is 18.3 Å². The summed E-state index contributed by atoms with van der Waals surface area (Å²) in [7, 11) is 0. The molecular formula is C14H15ClN2O. The predicted molar refractivity (Wildman–Crippen MR) is 72.9 cm³/mol. The molecule has 0 aliphatic heterocycles. The van der Waals surface area contributed by atoms with E-state index in [4.69, 9.17) is 22.1 Å². The van der Waals surface area contributed by atoms with E-state index in [1.807, 2.05) is 30.3 Å². The molecule has 3 nitrogen and oxygen atoms in total. The zero-order valence-electron chi connectivity index (χ0n) is 9.92. The van der Waals surface area contributed by atoms with Gasteiger partial charge >= 0.3 is 0 Å². The SMILES string of the molecule is NC(COc1ccc(Cl)cc1)Cc1ccccn1. The van der Waals surface area contributed by atoms with Gasteiger partial charge in [-0.3, -0.25) is 4.98 Å². The Morgan fingerprint density at radius 3 is 2.61 bits per heavy atom.